The molecule has 1 aliphatic carbocycles. The number of aliphatic carboxylic acids is 1. The summed E-state index contributed by atoms with van der Waals surface area (Å²) < 4.78 is 5.26. The Labute approximate surface area is 117 Å². The maximum Gasteiger partial charge on any atom is 0.326 e. The van der Waals surface area contributed by atoms with Crippen LogP contribution in [0.5, 0.6) is 0 Å². The minimum Gasteiger partial charge on any atom is -0.480 e. The summed E-state index contributed by atoms with van der Waals surface area (Å²) in [4.78, 5) is 33.4. The zero-order valence-corrected chi connectivity index (χ0v) is 11.8. The van der Waals surface area contributed by atoms with Crippen molar-refractivity contribution in [3.63, 3.8) is 0 Å². The molecule has 3 unspecified atom stereocenters. The maximum atomic E-state index is 11.7. The Morgan fingerprint density at radius 2 is 2.05 bits per heavy atom. The minimum absolute atomic E-state index is 0.0497. The number of amides is 3. The zero-order chi connectivity index (χ0) is 15.5. The molecular formula is C12H21N3O5. The third-order valence-electron chi connectivity index (χ3n) is 3.78. The van der Waals surface area contributed by atoms with Gasteiger partial charge in [-0.3, -0.25) is 4.79 Å². The minimum atomic E-state index is -1.33. The van der Waals surface area contributed by atoms with E-state index in [1.54, 1.807) is 7.11 Å². The molecule has 0 radical (unpaired) electrons. The van der Waals surface area contributed by atoms with Crippen LogP contribution in [0.15, 0.2) is 0 Å². The fourth-order valence-corrected chi connectivity index (χ4v) is 2.29. The molecule has 0 aliphatic heterocycles. The highest BCUT2D eigenvalue weighted by atomic mass is 16.5. The summed E-state index contributed by atoms with van der Waals surface area (Å²) >= 11 is 0. The smallest absolute Gasteiger partial charge is 0.326 e. The summed E-state index contributed by atoms with van der Waals surface area (Å²) in [6.07, 6.45) is 0.260. The van der Waals surface area contributed by atoms with Gasteiger partial charge < -0.3 is 26.2 Å². The molecule has 8 heteroatoms. The maximum absolute atomic E-state index is 11.7. The normalized spacial score (nSPS) is 25.1. The van der Waals surface area contributed by atoms with Crippen LogP contribution in [0.1, 0.15) is 26.7 Å². The average molecular weight is 287 g/mol. The van der Waals surface area contributed by atoms with Crippen molar-refractivity contribution in [3.05, 3.63) is 0 Å². The molecule has 0 spiro atoms. The van der Waals surface area contributed by atoms with Gasteiger partial charge in [-0.25, -0.2) is 9.59 Å². The molecular weight excluding hydrogens is 266 g/mol. The molecule has 3 atom stereocenters. The lowest BCUT2D eigenvalue weighted by Gasteiger charge is -2.51. The first-order valence-corrected chi connectivity index (χ1v) is 6.29. The Kier molecular flexibility index (Phi) is 4.93. The molecule has 20 heavy (non-hydrogen) atoms. The van der Waals surface area contributed by atoms with Gasteiger partial charge in [-0.15, -0.1) is 0 Å². The number of urea groups is 1. The van der Waals surface area contributed by atoms with Gasteiger partial charge in [0.05, 0.1) is 12.5 Å². The third kappa shape index (κ3) is 3.60. The van der Waals surface area contributed by atoms with E-state index in [1.807, 2.05) is 13.8 Å². The number of hydrogen-bond acceptors (Lipinski definition) is 4. The molecule has 0 heterocycles. The number of carbonyl (C=O) groups is 3. The predicted octanol–water partition coefficient (Wildman–Crippen LogP) is -0.572. The average Bonchev–Trinajstić information content (AvgIpc) is 2.32. The third-order valence-corrected chi connectivity index (χ3v) is 3.78. The van der Waals surface area contributed by atoms with Crippen molar-refractivity contribution < 1.29 is 24.2 Å². The van der Waals surface area contributed by atoms with Crippen molar-refractivity contribution in [2.75, 3.05) is 7.11 Å². The van der Waals surface area contributed by atoms with Crippen molar-refractivity contribution in [2.45, 2.75) is 44.9 Å². The Morgan fingerprint density at radius 1 is 1.45 bits per heavy atom. The second kappa shape index (κ2) is 6.08. The SMILES string of the molecule is COC1CC(NC(=O)NC(CC(N)=O)C(=O)O)C1(C)C. The lowest BCUT2D eigenvalue weighted by atomic mass is 9.64. The van der Waals surface area contributed by atoms with Gasteiger partial charge in [0.1, 0.15) is 6.04 Å². The van der Waals surface area contributed by atoms with E-state index in [4.69, 9.17) is 15.6 Å². The molecule has 0 aromatic carbocycles. The number of hydrogen-bond donors (Lipinski definition) is 4. The summed E-state index contributed by atoms with van der Waals surface area (Å²) in [6.45, 7) is 3.90. The Hall–Kier alpha value is -1.83. The van der Waals surface area contributed by atoms with E-state index in [0.29, 0.717) is 6.42 Å². The van der Waals surface area contributed by atoms with Crippen LogP contribution in [-0.4, -0.2) is 48.3 Å². The van der Waals surface area contributed by atoms with E-state index in [2.05, 4.69) is 10.6 Å². The van der Waals surface area contributed by atoms with Gasteiger partial charge in [-0.1, -0.05) is 13.8 Å². The second-order valence-electron chi connectivity index (χ2n) is 5.51. The number of carboxylic acids is 1. The number of carboxylic acid groups (broad SMARTS) is 1. The van der Waals surface area contributed by atoms with Crippen LogP contribution in [0.2, 0.25) is 0 Å². The van der Waals surface area contributed by atoms with E-state index < -0.39 is 30.4 Å². The summed E-state index contributed by atoms with van der Waals surface area (Å²) in [5, 5.41) is 13.8. The highest BCUT2D eigenvalue weighted by Gasteiger charge is 2.49. The van der Waals surface area contributed by atoms with Crippen LogP contribution in [0.3, 0.4) is 0 Å². The number of primary amides is 1. The van der Waals surface area contributed by atoms with Crippen LogP contribution in [0, 0.1) is 5.41 Å². The van der Waals surface area contributed by atoms with Crippen molar-refractivity contribution in [2.24, 2.45) is 11.1 Å². The van der Waals surface area contributed by atoms with E-state index in [0.717, 1.165) is 0 Å². The van der Waals surface area contributed by atoms with E-state index in [-0.39, 0.29) is 17.6 Å². The number of nitrogens with one attached hydrogen (secondary N) is 2. The van der Waals surface area contributed by atoms with Crippen molar-refractivity contribution in [1.82, 2.24) is 10.6 Å². The van der Waals surface area contributed by atoms with Crippen LogP contribution in [0.25, 0.3) is 0 Å². The Morgan fingerprint density at radius 3 is 2.45 bits per heavy atom. The first-order chi connectivity index (χ1) is 9.18. The van der Waals surface area contributed by atoms with Crippen LogP contribution in [-0.2, 0) is 14.3 Å². The monoisotopic (exact) mass is 287 g/mol. The topological polar surface area (TPSA) is 131 Å². The molecule has 0 saturated heterocycles. The number of nitrogens with two attached hydrogens (primary N) is 1. The zero-order valence-electron chi connectivity index (χ0n) is 11.8. The van der Waals surface area contributed by atoms with E-state index in [9.17, 15) is 14.4 Å². The van der Waals surface area contributed by atoms with Gasteiger partial charge in [0.15, 0.2) is 0 Å². The highest BCUT2D eigenvalue weighted by molar-refractivity contribution is 5.87. The number of methoxy groups -OCH3 is 1. The fraction of sp³-hybridized carbons (Fsp3) is 0.750. The highest BCUT2D eigenvalue weighted by Crippen LogP contribution is 2.42. The number of carbonyl (C=O) groups excluding carboxylic acids is 2. The summed E-state index contributed by atoms with van der Waals surface area (Å²) in [6, 6.07) is -2.07. The van der Waals surface area contributed by atoms with Crippen molar-refractivity contribution in [3.8, 4) is 0 Å². The van der Waals surface area contributed by atoms with E-state index in [1.165, 1.54) is 0 Å². The molecule has 1 rings (SSSR count). The largest absolute Gasteiger partial charge is 0.480 e. The summed E-state index contributed by atoms with van der Waals surface area (Å²) in [7, 11) is 1.61. The second-order valence-corrected chi connectivity index (χ2v) is 5.51. The summed E-state index contributed by atoms with van der Waals surface area (Å²) in [5.74, 6) is -2.09. The lowest BCUT2D eigenvalue weighted by Crippen LogP contribution is -2.64. The predicted molar refractivity (Wildman–Crippen MR) is 69.9 cm³/mol. The van der Waals surface area contributed by atoms with Gasteiger partial charge in [-0.05, 0) is 6.42 Å². The lowest BCUT2D eigenvalue weighted by molar-refractivity contribution is -0.141. The first-order valence-electron chi connectivity index (χ1n) is 6.29. The van der Waals surface area contributed by atoms with Crippen molar-refractivity contribution >= 4 is 17.9 Å². The standard InChI is InChI=1S/C12H21N3O5/c1-12(2)7(5-8(12)20-3)15-11(19)14-6(10(17)18)4-9(13)16/h6-8H,4-5H2,1-3H3,(H2,13,16)(H,17,18)(H2,14,15,19). The Balaban J connectivity index is 2.51. The molecule has 1 aliphatic rings. The van der Waals surface area contributed by atoms with Crippen LogP contribution < -0.4 is 16.4 Å². The van der Waals surface area contributed by atoms with Crippen LogP contribution >= 0.6 is 0 Å². The van der Waals surface area contributed by atoms with Gasteiger partial charge in [0.25, 0.3) is 0 Å². The molecule has 8 nitrogen and oxygen atoms in total. The van der Waals surface area contributed by atoms with E-state index >= 15 is 0 Å². The number of rotatable bonds is 6. The molecule has 1 fully saturated rings. The Bertz CT molecular complexity index is 410. The molecule has 0 aromatic rings. The van der Waals surface area contributed by atoms with Crippen LogP contribution in [0.4, 0.5) is 4.79 Å². The van der Waals surface area contributed by atoms with Gasteiger partial charge in [0, 0.05) is 18.6 Å². The molecule has 1 saturated carbocycles. The van der Waals surface area contributed by atoms with Gasteiger partial charge >= 0.3 is 12.0 Å². The fourth-order valence-electron chi connectivity index (χ4n) is 2.29. The molecule has 0 bridgehead atoms. The molecule has 0 aromatic heterocycles. The number of ether oxygens (including phenoxy) is 1. The first kappa shape index (κ1) is 16.2. The molecule has 3 amide bonds. The van der Waals surface area contributed by atoms with Crippen molar-refractivity contribution in [1.29, 1.82) is 0 Å². The molecule has 5 N–H and O–H groups in total. The quantitative estimate of drug-likeness (QED) is 0.519. The molecule has 114 valence electrons. The summed E-state index contributed by atoms with van der Waals surface area (Å²) in [5.41, 5.74) is 4.71. The van der Waals surface area contributed by atoms with Gasteiger partial charge in [-0.2, -0.15) is 0 Å². The van der Waals surface area contributed by atoms with Gasteiger partial charge in [0.2, 0.25) is 5.91 Å².